The number of nitrogens with two attached hydrogens (primary N) is 1. The number of thiocarbonyl (C=S) groups is 1. The van der Waals surface area contributed by atoms with Gasteiger partial charge in [0.1, 0.15) is 6.61 Å². The van der Waals surface area contributed by atoms with E-state index in [1.165, 1.54) is 19.2 Å². The number of hydrogen-bond acceptors (Lipinski definition) is 6. The number of carbonyl (C=O) groups excluding carboxylic acids is 1. The van der Waals surface area contributed by atoms with E-state index < -0.39 is 5.97 Å². The summed E-state index contributed by atoms with van der Waals surface area (Å²) in [5.74, 6) is -0.132. The first-order chi connectivity index (χ1) is 12.0. The zero-order valence-electron chi connectivity index (χ0n) is 13.4. The monoisotopic (exact) mass is 358 g/mol. The van der Waals surface area contributed by atoms with Crippen molar-refractivity contribution in [3.8, 4) is 11.5 Å². The number of rotatable bonds is 7. The molecule has 0 bridgehead atoms. The molecule has 8 heteroatoms. The Morgan fingerprint density at radius 2 is 2.00 bits per heavy atom. The zero-order chi connectivity index (χ0) is 18.2. The standard InChI is InChI=1S/C17H17N3O4S/c1-23-15-8-12(9-19-20-17(18)25)4-7-14(15)24-10-11-2-5-13(6-3-11)16(21)22/h2-9H,10H2,1H3,(H,21,22)(H3,18,20,25)/p-1/b19-9-. The summed E-state index contributed by atoms with van der Waals surface area (Å²) in [5.41, 5.74) is 9.46. The van der Waals surface area contributed by atoms with Gasteiger partial charge in [-0.2, -0.15) is 5.10 Å². The average Bonchev–Trinajstić information content (AvgIpc) is 2.60. The first kappa shape index (κ1) is 18.2. The van der Waals surface area contributed by atoms with Crippen molar-refractivity contribution in [1.29, 1.82) is 0 Å². The molecule has 0 unspecified atom stereocenters. The van der Waals surface area contributed by atoms with Crippen molar-refractivity contribution in [2.75, 3.05) is 7.11 Å². The lowest BCUT2D eigenvalue weighted by atomic mass is 10.1. The highest BCUT2D eigenvalue weighted by Crippen LogP contribution is 2.28. The van der Waals surface area contributed by atoms with Crippen LogP contribution >= 0.6 is 12.2 Å². The minimum atomic E-state index is -1.21. The summed E-state index contributed by atoms with van der Waals surface area (Å²) in [6.07, 6.45) is 1.55. The van der Waals surface area contributed by atoms with Crippen LogP contribution in [0.2, 0.25) is 0 Å². The molecule has 2 aromatic rings. The van der Waals surface area contributed by atoms with Crippen LogP contribution in [-0.2, 0) is 6.61 Å². The molecule has 25 heavy (non-hydrogen) atoms. The number of carbonyl (C=O) groups is 1. The van der Waals surface area contributed by atoms with Gasteiger partial charge in [-0.1, -0.05) is 24.3 Å². The Kier molecular flexibility index (Phi) is 6.30. The van der Waals surface area contributed by atoms with E-state index in [1.807, 2.05) is 0 Å². The molecule has 0 amide bonds. The van der Waals surface area contributed by atoms with Crippen LogP contribution < -0.4 is 25.7 Å². The fourth-order valence-corrected chi connectivity index (χ4v) is 2.00. The van der Waals surface area contributed by atoms with Gasteiger partial charge in [-0.3, -0.25) is 5.43 Å². The Morgan fingerprint density at radius 1 is 1.28 bits per heavy atom. The van der Waals surface area contributed by atoms with Crippen LogP contribution in [-0.4, -0.2) is 24.4 Å². The van der Waals surface area contributed by atoms with Gasteiger partial charge in [0.25, 0.3) is 0 Å². The molecule has 0 aliphatic carbocycles. The number of methoxy groups -OCH3 is 1. The summed E-state index contributed by atoms with van der Waals surface area (Å²) < 4.78 is 11.0. The van der Waals surface area contributed by atoms with E-state index in [9.17, 15) is 9.90 Å². The number of aromatic carboxylic acids is 1. The summed E-state index contributed by atoms with van der Waals surface area (Å²) in [4.78, 5) is 10.7. The maximum atomic E-state index is 10.7. The number of carboxylic acid groups (broad SMARTS) is 1. The van der Waals surface area contributed by atoms with Gasteiger partial charge in [0.05, 0.1) is 19.3 Å². The maximum Gasteiger partial charge on any atom is 0.184 e. The molecule has 2 rings (SSSR count). The number of nitrogens with zero attached hydrogens (tertiary/aromatic N) is 1. The summed E-state index contributed by atoms with van der Waals surface area (Å²) in [6, 6.07) is 11.6. The molecule has 0 atom stereocenters. The van der Waals surface area contributed by atoms with Crippen LogP contribution in [0.4, 0.5) is 0 Å². The summed E-state index contributed by atoms with van der Waals surface area (Å²) in [5, 5.41) is 14.7. The third-order valence-corrected chi connectivity index (χ3v) is 3.25. The quantitative estimate of drug-likeness (QED) is 0.428. The molecule has 0 spiro atoms. The Bertz CT molecular complexity index is 791. The highest BCUT2D eigenvalue weighted by molar-refractivity contribution is 7.80. The molecular weight excluding hydrogens is 342 g/mol. The number of benzene rings is 2. The molecule has 0 aliphatic heterocycles. The van der Waals surface area contributed by atoms with E-state index in [0.29, 0.717) is 11.5 Å². The van der Waals surface area contributed by atoms with Crippen molar-refractivity contribution in [1.82, 2.24) is 5.43 Å². The van der Waals surface area contributed by atoms with Crippen LogP contribution in [0, 0.1) is 0 Å². The molecular formula is C17H16N3O4S-. The average molecular weight is 358 g/mol. The van der Waals surface area contributed by atoms with Crippen LogP contribution in [0.3, 0.4) is 0 Å². The van der Waals surface area contributed by atoms with Crippen molar-refractivity contribution in [2.24, 2.45) is 10.8 Å². The molecule has 0 aromatic heterocycles. The van der Waals surface area contributed by atoms with Gasteiger partial charge in [-0.25, -0.2) is 0 Å². The second-order valence-electron chi connectivity index (χ2n) is 4.92. The number of hydrogen-bond donors (Lipinski definition) is 2. The second-order valence-corrected chi connectivity index (χ2v) is 5.36. The van der Waals surface area contributed by atoms with Crippen molar-refractivity contribution < 1.29 is 19.4 Å². The van der Waals surface area contributed by atoms with E-state index in [4.69, 9.17) is 15.2 Å². The largest absolute Gasteiger partial charge is 0.545 e. The topological polar surface area (TPSA) is 109 Å². The number of carboxylic acids is 1. The predicted octanol–water partition coefficient (Wildman–Crippen LogP) is 0.805. The molecule has 130 valence electrons. The normalized spacial score (nSPS) is 10.4. The predicted molar refractivity (Wildman–Crippen MR) is 95.6 cm³/mol. The summed E-state index contributed by atoms with van der Waals surface area (Å²) in [6.45, 7) is 0.264. The van der Waals surface area contributed by atoms with Gasteiger partial charge in [0.2, 0.25) is 0 Å². The van der Waals surface area contributed by atoms with Gasteiger partial charge in [0.15, 0.2) is 16.6 Å². The van der Waals surface area contributed by atoms with E-state index in [0.717, 1.165) is 11.1 Å². The van der Waals surface area contributed by atoms with Gasteiger partial charge in [-0.15, -0.1) is 0 Å². The zero-order valence-corrected chi connectivity index (χ0v) is 14.2. The lowest BCUT2D eigenvalue weighted by Crippen LogP contribution is -2.23. The highest BCUT2D eigenvalue weighted by atomic mass is 32.1. The summed E-state index contributed by atoms with van der Waals surface area (Å²) in [7, 11) is 1.53. The molecule has 2 aromatic carbocycles. The molecule has 0 radical (unpaired) electrons. The highest BCUT2D eigenvalue weighted by Gasteiger charge is 2.06. The van der Waals surface area contributed by atoms with E-state index in [2.05, 4.69) is 22.7 Å². The van der Waals surface area contributed by atoms with Gasteiger partial charge in [0, 0.05) is 0 Å². The first-order valence-electron chi connectivity index (χ1n) is 7.19. The van der Waals surface area contributed by atoms with Gasteiger partial charge >= 0.3 is 0 Å². The molecule has 0 saturated heterocycles. The lowest BCUT2D eigenvalue weighted by molar-refractivity contribution is -0.255. The molecule has 0 saturated carbocycles. The van der Waals surface area contributed by atoms with Gasteiger partial charge < -0.3 is 25.1 Å². The van der Waals surface area contributed by atoms with Crippen molar-refractivity contribution in [3.63, 3.8) is 0 Å². The van der Waals surface area contributed by atoms with Crippen molar-refractivity contribution in [2.45, 2.75) is 6.61 Å². The van der Waals surface area contributed by atoms with Crippen LogP contribution in [0.1, 0.15) is 21.5 Å². The molecule has 7 nitrogen and oxygen atoms in total. The van der Waals surface area contributed by atoms with E-state index in [1.54, 1.807) is 36.5 Å². The Labute approximate surface area is 150 Å². The number of hydrazone groups is 1. The first-order valence-corrected chi connectivity index (χ1v) is 7.60. The Morgan fingerprint density at radius 3 is 2.60 bits per heavy atom. The van der Waals surface area contributed by atoms with Crippen molar-refractivity contribution >= 4 is 29.5 Å². The fraction of sp³-hybridized carbons (Fsp3) is 0.118. The number of ether oxygens (including phenoxy) is 2. The fourth-order valence-electron chi connectivity index (χ4n) is 1.95. The van der Waals surface area contributed by atoms with E-state index >= 15 is 0 Å². The Hall–Kier alpha value is -3.13. The maximum absolute atomic E-state index is 10.7. The third kappa shape index (κ3) is 5.47. The minimum absolute atomic E-state index is 0.0767. The Balaban J connectivity index is 2.04. The smallest absolute Gasteiger partial charge is 0.184 e. The third-order valence-electron chi connectivity index (χ3n) is 3.16. The second kappa shape index (κ2) is 8.65. The van der Waals surface area contributed by atoms with Crippen LogP contribution in [0.5, 0.6) is 11.5 Å². The molecule has 0 aliphatic rings. The lowest BCUT2D eigenvalue weighted by Gasteiger charge is -2.12. The van der Waals surface area contributed by atoms with Crippen molar-refractivity contribution in [3.05, 3.63) is 59.2 Å². The molecule has 0 fully saturated rings. The number of nitrogens with one attached hydrogen (secondary N) is 1. The van der Waals surface area contributed by atoms with Crippen LogP contribution in [0.15, 0.2) is 47.6 Å². The SMILES string of the molecule is COc1cc(/C=N\NC(N)=S)ccc1OCc1ccc(C(=O)[O-])cc1. The molecule has 0 heterocycles. The van der Waals surface area contributed by atoms with E-state index in [-0.39, 0.29) is 17.3 Å². The molecule has 3 N–H and O–H groups in total. The van der Waals surface area contributed by atoms with Crippen LogP contribution in [0.25, 0.3) is 0 Å². The summed E-state index contributed by atoms with van der Waals surface area (Å²) >= 11 is 4.66. The minimum Gasteiger partial charge on any atom is -0.545 e. The van der Waals surface area contributed by atoms with Gasteiger partial charge in [-0.05, 0) is 47.1 Å².